The summed E-state index contributed by atoms with van der Waals surface area (Å²) in [6, 6.07) is -0.674. The van der Waals surface area contributed by atoms with Crippen LogP contribution >= 0.6 is 0 Å². The first-order valence-corrected chi connectivity index (χ1v) is 30.4. The van der Waals surface area contributed by atoms with Crippen LogP contribution < -0.4 is 5.32 Å². The van der Waals surface area contributed by atoms with Gasteiger partial charge in [0.2, 0.25) is 5.91 Å². The first-order chi connectivity index (χ1) is 34.0. The van der Waals surface area contributed by atoms with E-state index in [0.717, 1.165) is 51.4 Å². The fraction of sp³-hybridized carbons (Fsp3) is 0.841. The number of aliphatic hydroxyl groups is 2. The van der Waals surface area contributed by atoms with Crippen molar-refractivity contribution in [3.05, 3.63) is 48.6 Å². The Morgan fingerprint density at radius 2 is 0.739 bits per heavy atom. The molecular weight excluding hydrogens is 851 g/mol. The van der Waals surface area contributed by atoms with E-state index in [1.54, 1.807) is 6.08 Å². The van der Waals surface area contributed by atoms with Gasteiger partial charge in [-0.1, -0.05) is 274 Å². The van der Waals surface area contributed by atoms with Gasteiger partial charge in [-0.15, -0.1) is 0 Å². The van der Waals surface area contributed by atoms with E-state index in [9.17, 15) is 19.8 Å². The number of rotatable bonds is 56. The Hall–Kier alpha value is -2.18. The zero-order valence-corrected chi connectivity index (χ0v) is 46.0. The molecule has 0 radical (unpaired) electrons. The van der Waals surface area contributed by atoms with E-state index in [0.29, 0.717) is 25.9 Å². The van der Waals surface area contributed by atoms with Crippen molar-refractivity contribution in [3.8, 4) is 0 Å². The smallest absolute Gasteiger partial charge is 0.305 e. The van der Waals surface area contributed by atoms with Crippen LogP contribution in [0.4, 0.5) is 0 Å². The van der Waals surface area contributed by atoms with Crippen molar-refractivity contribution in [1.82, 2.24) is 5.32 Å². The van der Waals surface area contributed by atoms with Crippen molar-refractivity contribution in [2.45, 2.75) is 328 Å². The van der Waals surface area contributed by atoms with Crippen molar-refractivity contribution >= 4 is 11.9 Å². The highest BCUT2D eigenvalue weighted by atomic mass is 16.5. The molecule has 3 N–H and O–H groups in total. The van der Waals surface area contributed by atoms with Gasteiger partial charge in [0.05, 0.1) is 25.4 Å². The fourth-order valence-electron chi connectivity index (χ4n) is 9.15. The molecule has 0 aromatic rings. The van der Waals surface area contributed by atoms with Crippen LogP contribution in [0.3, 0.4) is 0 Å². The maximum atomic E-state index is 12.4. The Morgan fingerprint density at radius 3 is 1.14 bits per heavy atom. The maximum absolute atomic E-state index is 12.4. The van der Waals surface area contributed by atoms with E-state index in [-0.39, 0.29) is 18.5 Å². The van der Waals surface area contributed by atoms with Crippen LogP contribution in [0.5, 0.6) is 0 Å². The van der Waals surface area contributed by atoms with E-state index < -0.39 is 12.1 Å². The van der Waals surface area contributed by atoms with Crippen LogP contribution in [0.2, 0.25) is 0 Å². The van der Waals surface area contributed by atoms with Crippen molar-refractivity contribution in [2.75, 3.05) is 13.2 Å². The molecule has 0 heterocycles. The van der Waals surface area contributed by atoms with Gasteiger partial charge in [0.1, 0.15) is 0 Å². The number of carbonyl (C=O) groups excluding carboxylic acids is 2. The molecule has 6 heteroatoms. The second kappa shape index (κ2) is 58.4. The normalized spacial score (nSPS) is 12.9. The molecule has 0 aliphatic carbocycles. The van der Waals surface area contributed by atoms with Crippen molar-refractivity contribution in [1.29, 1.82) is 0 Å². The minimum Gasteiger partial charge on any atom is -0.466 e. The molecule has 0 spiro atoms. The zero-order valence-electron chi connectivity index (χ0n) is 46.0. The molecule has 0 rings (SSSR count). The number of unbranched alkanes of at least 4 members (excludes halogenated alkanes) is 39. The number of carbonyl (C=O) groups is 2. The molecule has 0 fully saturated rings. The SMILES string of the molecule is CCCCCCCCC/C=C\CCCCCCCCCC(=O)OCCCCCCCC/C=C\C/C=C\CCC(=O)NC(CO)C(O)/C=C/CCCCCCCCCCCCCCCCCCCCC. The summed E-state index contributed by atoms with van der Waals surface area (Å²) >= 11 is 0. The van der Waals surface area contributed by atoms with Gasteiger partial charge in [-0.2, -0.15) is 0 Å². The van der Waals surface area contributed by atoms with Crippen molar-refractivity contribution in [2.24, 2.45) is 0 Å². The largest absolute Gasteiger partial charge is 0.466 e. The van der Waals surface area contributed by atoms with Crippen LogP contribution in [-0.2, 0) is 14.3 Å². The topological polar surface area (TPSA) is 95.9 Å². The molecule has 6 nitrogen and oxygen atoms in total. The van der Waals surface area contributed by atoms with E-state index >= 15 is 0 Å². The Morgan fingerprint density at radius 1 is 0.406 bits per heavy atom. The Balaban J connectivity index is 3.56. The third kappa shape index (κ3) is 55.0. The number of amides is 1. The summed E-state index contributed by atoms with van der Waals surface area (Å²) in [7, 11) is 0. The molecule has 2 unspecified atom stereocenters. The molecule has 0 aromatic carbocycles. The van der Waals surface area contributed by atoms with Crippen molar-refractivity contribution < 1.29 is 24.5 Å². The van der Waals surface area contributed by atoms with E-state index in [1.165, 1.54) is 231 Å². The summed E-state index contributed by atoms with van der Waals surface area (Å²) in [5.74, 6) is -0.168. The van der Waals surface area contributed by atoms with Gasteiger partial charge in [-0.25, -0.2) is 0 Å². The molecule has 404 valence electrons. The molecule has 0 saturated heterocycles. The lowest BCUT2D eigenvalue weighted by Gasteiger charge is -2.19. The standard InChI is InChI=1S/C63H117NO5/c1-3-5-7-9-11-13-15-17-19-21-23-24-25-26-28-31-35-39-43-47-51-55-61(66)60(59-65)64-62(67)56-52-48-44-40-36-32-30-34-38-42-46-50-54-58-69-63(68)57-53-49-45-41-37-33-29-27-22-20-18-16-14-12-10-8-6-4-2/h20,22,32,36,44,48,51,55,60-61,65-66H,3-19,21,23-31,33-35,37-43,45-47,49-50,52-54,56-59H2,1-2H3,(H,64,67)/b22-20-,36-32-,48-44-,55-51+. The molecule has 0 aliphatic rings. The van der Waals surface area contributed by atoms with Crippen LogP contribution in [0.15, 0.2) is 48.6 Å². The van der Waals surface area contributed by atoms with E-state index in [4.69, 9.17) is 4.74 Å². The Bertz CT molecular complexity index is 1160. The first kappa shape index (κ1) is 66.8. The van der Waals surface area contributed by atoms with Gasteiger partial charge >= 0.3 is 5.97 Å². The molecule has 69 heavy (non-hydrogen) atoms. The highest BCUT2D eigenvalue weighted by Crippen LogP contribution is 2.17. The number of hydrogen-bond donors (Lipinski definition) is 3. The van der Waals surface area contributed by atoms with Gasteiger partial charge in [-0.3, -0.25) is 9.59 Å². The minimum absolute atomic E-state index is 0.0213. The lowest BCUT2D eigenvalue weighted by Crippen LogP contribution is -2.45. The number of aliphatic hydroxyl groups excluding tert-OH is 2. The van der Waals surface area contributed by atoms with E-state index in [1.807, 2.05) is 12.2 Å². The van der Waals surface area contributed by atoms with Crippen LogP contribution in [0.1, 0.15) is 316 Å². The molecule has 0 aromatic heterocycles. The average molecular weight is 969 g/mol. The average Bonchev–Trinajstić information content (AvgIpc) is 3.35. The highest BCUT2D eigenvalue weighted by Gasteiger charge is 2.17. The molecule has 0 bridgehead atoms. The third-order valence-corrected chi connectivity index (χ3v) is 13.8. The summed E-state index contributed by atoms with van der Waals surface area (Å²) in [6.45, 7) is 4.85. The van der Waals surface area contributed by atoms with E-state index in [2.05, 4.69) is 49.5 Å². The highest BCUT2D eigenvalue weighted by molar-refractivity contribution is 5.76. The molecular formula is C63H117NO5. The summed E-state index contributed by atoms with van der Waals surface area (Å²) in [5.41, 5.74) is 0. The van der Waals surface area contributed by atoms with Gasteiger partial charge in [0.25, 0.3) is 0 Å². The molecule has 2 atom stereocenters. The number of ether oxygens (including phenoxy) is 1. The Labute approximate surface area is 429 Å². The lowest BCUT2D eigenvalue weighted by atomic mass is 10.0. The summed E-state index contributed by atoms with van der Waals surface area (Å²) < 4.78 is 5.47. The third-order valence-electron chi connectivity index (χ3n) is 13.8. The van der Waals surface area contributed by atoms with Crippen LogP contribution in [0, 0.1) is 0 Å². The Kier molecular flexibility index (Phi) is 56.5. The zero-order chi connectivity index (χ0) is 50.0. The number of allylic oxidation sites excluding steroid dienone is 7. The predicted octanol–water partition coefficient (Wildman–Crippen LogP) is 19.0. The maximum Gasteiger partial charge on any atom is 0.305 e. The van der Waals surface area contributed by atoms with Gasteiger partial charge < -0.3 is 20.3 Å². The minimum atomic E-state index is -0.881. The molecule has 1 amide bonds. The number of hydrogen-bond acceptors (Lipinski definition) is 5. The van der Waals surface area contributed by atoms with Gasteiger partial charge in [0, 0.05) is 12.8 Å². The molecule has 0 saturated carbocycles. The van der Waals surface area contributed by atoms with Gasteiger partial charge in [-0.05, 0) is 77.0 Å². The molecule has 0 aliphatic heterocycles. The predicted molar refractivity (Wildman–Crippen MR) is 301 cm³/mol. The fourth-order valence-corrected chi connectivity index (χ4v) is 9.15. The number of nitrogens with one attached hydrogen (secondary N) is 1. The van der Waals surface area contributed by atoms with Crippen molar-refractivity contribution in [3.63, 3.8) is 0 Å². The summed E-state index contributed by atoms with van der Waals surface area (Å²) in [4.78, 5) is 24.5. The second-order valence-corrected chi connectivity index (χ2v) is 20.7. The van der Waals surface area contributed by atoms with Gasteiger partial charge in [0.15, 0.2) is 0 Å². The first-order valence-electron chi connectivity index (χ1n) is 30.4. The quantitative estimate of drug-likeness (QED) is 0.0321. The summed E-state index contributed by atoms with van der Waals surface area (Å²) in [5, 5.41) is 23.1. The van der Waals surface area contributed by atoms with Crippen LogP contribution in [0.25, 0.3) is 0 Å². The monoisotopic (exact) mass is 968 g/mol. The lowest BCUT2D eigenvalue weighted by molar-refractivity contribution is -0.143. The second-order valence-electron chi connectivity index (χ2n) is 20.7. The van der Waals surface area contributed by atoms with Crippen LogP contribution in [-0.4, -0.2) is 47.4 Å². The number of esters is 1. The summed E-state index contributed by atoms with van der Waals surface area (Å²) in [6.07, 6.45) is 74.4.